The van der Waals surface area contributed by atoms with Gasteiger partial charge in [-0.2, -0.15) is 0 Å². The number of ether oxygens (including phenoxy) is 1. The molecule has 0 aromatic rings. The first-order chi connectivity index (χ1) is 12.6. The Kier molecular flexibility index (Phi) is 12.9. The average Bonchev–Trinajstić information content (AvgIpc) is 2.84. The Morgan fingerprint density at radius 2 is 1.67 bits per heavy atom. The zero-order valence-corrected chi connectivity index (χ0v) is 19.7. The molecule has 2 fully saturated rings. The molecule has 0 saturated heterocycles. The number of hydrogen-bond acceptors (Lipinski definition) is 4. The minimum Gasteiger partial charge on any atom is -0.376 e. The van der Waals surface area contributed by atoms with Crippen LogP contribution in [-0.2, 0) is 14.8 Å². The maximum absolute atomic E-state index is 12.0. The zero-order chi connectivity index (χ0) is 18.7. The van der Waals surface area contributed by atoms with Crippen molar-refractivity contribution in [3.8, 4) is 0 Å². The molecule has 2 saturated carbocycles. The van der Waals surface area contributed by atoms with Crippen molar-refractivity contribution in [1.82, 2.24) is 15.4 Å². The Bertz CT molecular complexity index is 519. The van der Waals surface area contributed by atoms with E-state index >= 15 is 0 Å². The van der Waals surface area contributed by atoms with Crippen molar-refractivity contribution in [3.05, 3.63) is 0 Å². The lowest BCUT2D eigenvalue weighted by atomic mass is 9.86. The minimum atomic E-state index is -3.22. The highest BCUT2D eigenvalue weighted by atomic mass is 127. The van der Waals surface area contributed by atoms with E-state index in [0.29, 0.717) is 44.2 Å². The minimum absolute atomic E-state index is 0. The lowest BCUT2D eigenvalue weighted by molar-refractivity contribution is 0.0468. The van der Waals surface area contributed by atoms with Crippen LogP contribution in [0, 0.1) is 5.92 Å². The molecule has 0 atom stereocenters. The van der Waals surface area contributed by atoms with Gasteiger partial charge in [0.15, 0.2) is 5.96 Å². The van der Waals surface area contributed by atoms with E-state index in [1.807, 2.05) is 0 Å². The van der Waals surface area contributed by atoms with Crippen molar-refractivity contribution in [3.63, 3.8) is 0 Å². The molecule has 0 heterocycles. The van der Waals surface area contributed by atoms with Crippen LogP contribution < -0.4 is 15.4 Å². The molecule has 0 amide bonds. The van der Waals surface area contributed by atoms with Crippen LogP contribution in [0.3, 0.4) is 0 Å². The van der Waals surface area contributed by atoms with E-state index in [4.69, 9.17) is 4.74 Å². The molecule has 9 heteroatoms. The van der Waals surface area contributed by atoms with Gasteiger partial charge in [-0.05, 0) is 31.6 Å². The molecule has 7 nitrogen and oxygen atoms in total. The van der Waals surface area contributed by atoms with Gasteiger partial charge in [-0.15, -0.1) is 24.0 Å². The Morgan fingerprint density at radius 1 is 1.00 bits per heavy atom. The molecule has 0 aliphatic heterocycles. The second-order valence-electron chi connectivity index (χ2n) is 7.37. The number of nitrogens with zero attached hydrogens (tertiary/aromatic N) is 1. The van der Waals surface area contributed by atoms with Gasteiger partial charge in [-0.1, -0.05) is 32.1 Å². The van der Waals surface area contributed by atoms with Gasteiger partial charge < -0.3 is 15.4 Å². The summed E-state index contributed by atoms with van der Waals surface area (Å²) in [6.45, 7) is 2.23. The van der Waals surface area contributed by atoms with Gasteiger partial charge >= 0.3 is 0 Å². The fourth-order valence-corrected chi connectivity index (χ4v) is 4.35. The molecule has 160 valence electrons. The molecule has 3 N–H and O–H groups in total. The van der Waals surface area contributed by atoms with Gasteiger partial charge in [-0.3, -0.25) is 4.99 Å². The van der Waals surface area contributed by atoms with Crippen molar-refractivity contribution < 1.29 is 13.2 Å². The van der Waals surface area contributed by atoms with Crippen LogP contribution in [-0.4, -0.2) is 59.5 Å². The summed E-state index contributed by atoms with van der Waals surface area (Å²) < 4.78 is 32.6. The molecule has 2 aliphatic rings. The van der Waals surface area contributed by atoms with Gasteiger partial charge in [0, 0.05) is 26.7 Å². The van der Waals surface area contributed by atoms with E-state index in [1.54, 1.807) is 7.05 Å². The highest BCUT2D eigenvalue weighted by Gasteiger charge is 2.20. The summed E-state index contributed by atoms with van der Waals surface area (Å²) in [6.07, 6.45) is 11.4. The molecule has 0 aromatic heterocycles. The predicted octanol–water partition coefficient (Wildman–Crippen LogP) is 2.23. The average molecular weight is 516 g/mol. The Labute approximate surface area is 181 Å². The molecule has 0 aromatic carbocycles. The summed E-state index contributed by atoms with van der Waals surface area (Å²) in [4.78, 5) is 4.13. The van der Waals surface area contributed by atoms with Crippen LogP contribution in [0.4, 0.5) is 0 Å². The summed E-state index contributed by atoms with van der Waals surface area (Å²) in [6, 6.07) is 0. The standard InChI is InChI=1S/C18H36N4O3S.HI/c1-19-18(20-11-13-25-17-9-4-2-3-5-10-17)21-12-14-26(23,24)22-15-16-7-6-8-16;/h16-17,22H,2-15H2,1H3,(H2,19,20,21);1H. The molecule has 27 heavy (non-hydrogen) atoms. The summed E-state index contributed by atoms with van der Waals surface area (Å²) in [5.74, 6) is 1.20. The lowest BCUT2D eigenvalue weighted by Crippen LogP contribution is -2.43. The number of sulfonamides is 1. The van der Waals surface area contributed by atoms with Gasteiger partial charge in [0.05, 0.1) is 18.5 Å². The molecule has 2 rings (SSSR count). The van der Waals surface area contributed by atoms with Crippen LogP contribution in [0.5, 0.6) is 0 Å². The molecule has 0 bridgehead atoms. The van der Waals surface area contributed by atoms with Crippen LogP contribution in [0.1, 0.15) is 57.8 Å². The monoisotopic (exact) mass is 516 g/mol. The summed E-state index contributed by atoms with van der Waals surface area (Å²) in [5, 5.41) is 6.23. The Morgan fingerprint density at radius 3 is 2.26 bits per heavy atom. The van der Waals surface area contributed by atoms with Gasteiger partial charge in [0.25, 0.3) is 0 Å². The highest BCUT2D eigenvalue weighted by molar-refractivity contribution is 14.0. The lowest BCUT2D eigenvalue weighted by Gasteiger charge is -2.25. The SMILES string of the molecule is CN=C(NCCOC1CCCCCC1)NCCS(=O)(=O)NCC1CCC1.I. The fourth-order valence-electron chi connectivity index (χ4n) is 3.34. The van der Waals surface area contributed by atoms with Crippen LogP contribution >= 0.6 is 24.0 Å². The highest BCUT2D eigenvalue weighted by Crippen LogP contribution is 2.25. The first-order valence-electron chi connectivity index (χ1n) is 10.1. The predicted molar refractivity (Wildman–Crippen MR) is 121 cm³/mol. The van der Waals surface area contributed by atoms with Gasteiger partial charge in [0.2, 0.25) is 10.0 Å². The second-order valence-corrected chi connectivity index (χ2v) is 9.30. The Hall–Kier alpha value is -0.130. The molecule has 2 aliphatic carbocycles. The summed E-state index contributed by atoms with van der Waals surface area (Å²) >= 11 is 0. The first-order valence-corrected chi connectivity index (χ1v) is 11.8. The van der Waals surface area contributed by atoms with E-state index in [1.165, 1.54) is 44.9 Å². The van der Waals surface area contributed by atoms with E-state index in [0.717, 1.165) is 12.8 Å². The number of halogens is 1. The van der Waals surface area contributed by atoms with Crippen LogP contribution in [0.25, 0.3) is 0 Å². The van der Waals surface area contributed by atoms with Gasteiger partial charge in [-0.25, -0.2) is 13.1 Å². The third-order valence-corrected chi connectivity index (χ3v) is 6.60. The van der Waals surface area contributed by atoms with E-state index in [2.05, 4.69) is 20.3 Å². The maximum atomic E-state index is 12.0. The van der Waals surface area contributed by atoms with Gasteiger partial charge in [0.1, 0.15) is 0 Å². The summed E-state index contributed by atoms with van der Waals surface area (Å²) in [7, 11) is -1.53. The quantitative estimate of drug-likeness (QED) is 0.136. The second kappa shape index (κ2) is 13.9. The van der Waals surface area contributed by atoms with Crippen molar-refractivity contribution in [2.45, 2.75) is 63.9 Å². The molecular formula is C18H37IN4O3S. The smallest absolute Gasteiger partial charge is 0.213 e. The van der Waals surface area contributed by atoms with E-state index in [-0.39, 0.29) is 29.7 Å². The largest absolute Gasteiger partial charge is 0.376 e. The third-order valence-electron chi connectivity index (χ3n) is 5.25. The van der Waals surface area contributed by atoms with Crippen molar-refractivity contribution in [1.29, 1.82) is 0 Å². The van der Waals surface area contributed by atoms with E-state index in [9.17, 15) is 8.42 Å². The fraction of sp³-hybridized carbons (Fsp3) is 0.944. The normalized spacial score (nSPS) is 19.7. The number of hydrogen-bond donors (Lipinski definition) is 3. The topological polar surface area (TPSA) is 91.8 Å². The van der Waals surface area contributed by atoms with Crippen LogP contribution in [0.2, 0.25) is 0 Å². The third kappa shape index (κ3) is 10.8. The number of rotatable bonds is 10. The van der Waals surface area contributed by atoms with Crippen molar-refractivity contribution in [2.75, 3.05) is 39.0 Å². The summed E-state index contributed by atoms with van der Waals surface area (Å²) in [5.41, 5.74) is 0. The molecular weight excluding hydrogens is 479 g/mol. The van der Waals surface area contributed by atoms with E-state index < -0.39 is 10.0 Å². The number of nitrogens with one attached hydrogen (secondary N) is 3. The zero-order valence-electron chi connectivity index (χ0n) is 16.5. The van der Waals surface area contributed by atoms with Crippen molar-refractivity contribution >= 4 is 40.0 Å². The van der Waals surface area contributed by atoms with Crippen LogP contribution in [0.15, 0.2) is 4.99 Å². The maximum Gasteiger partial charge on any atom is 0.213 e. The molecule has 0 unspecified atom stereocenters. The first kappa shape index (κ1) is 24.9. The Balaban J connectivity index is 0.00000364. The molecule has 0 radical (unpaired) electrons. The number of guanidine groups is 1. The number of aliphatic imine (C=N–C) groups is 1. The van der Waals surface area contributed by atoms with Crippen molar-refractivity contribution in [2.24, 2.45) is 10.9 Å². The molecule has 0 spiro atoms.